The summed E-state index contributed by atoms with van der Waals surface area (Å²) in [5, 5.41) is 0. The predicted octanol–water partition coefficient (Wildman–Crippen LogP) is 2.70. The van der Waals surface area contributed by atoms with Gasteiger partial charge in [-0.05, 0) is 0 Å². The third-order valence-electron chi connectivity index (χ3n) is 3.11. The Morgan fingerprint density at radius 3 is 1.15 bits per heavy atom. The Balaban J connectivity index is 1.68. The zero-order valence-electron chi connectivity index (χ0n) is 10.6. The van der Waals surface area contributed by atoms with Crippen LogP contribution >= 0.6 is 0 Å². The van der Waals surface area contributed by atoms with Crippen LogP contribution < -0.4 is 0 Å². The summed E-state index contributed by atoms with van der Waals surface area (Å²) >= 11 is 0. The van der Waals surface area contributed by atoms with Gasteiger partial charge in [0.15, 0.2) is 11.7 Å². The van der Waals surface area contributed by atoms with Gasteiger partial charge in [-0.2, -0.15) is 0 Å². The highest BCUT2D eigenvalue weighted by atomic mass is 15.2. The van der Waals surface area contributed by atoms with E-state index in [9.17, 15) is 0 Å². The van der Waals surface area contributed by atoms with Gasteiger partial charge in [0.2, 0.25) is 11.7 Å². The molecule has 2 aromatic rings. The Kier molecular flexibility index (Phi) is 2.39. The second kappa shape index (κ2) is 4.35. The van der Waals surface area contributed by atoms with Gasteiger partial charge in [0.1, 0.15) is 0 Å². The number of hydrogen-bond acceptors (Lipinski definition) is 4. The first-order valence-corrected chi connectivity index (χ1v) is 6.36. The highest BCUT2D eigenvalue weighted by Crippen LogP contribution is 2.16. The van der Waals surface area contributed by atoms with Crippen molar-refractivity contribution < 1.29 is 0 Å². The smallest absolute Gasteiger partial charge is 0.202 e. The number of hydrogen-bond donors (Lipinski definition) is 0. The van der Waals surface area contributed by atoms with Crippen molar-refractivity contribution in [2.75, 3.05) is 0 Å². The van der Waals surface area contributed by atoms with Crippen LogP contribution in [0, 0.1) is 0 Å². The molecule has 4 heteroatoms. The third kappa shape index (κ3) is 1.78. The Bertz CT molecular complexity index is 714. The number of aliphatic imine (C=N–C) groups is 4. The van der Waals surface area contributed by atoms with Gasteiger partial charge >= 0.3 is 0 Å². The molecular weight excluding hydrogens is 248 g/mol. The molecule has 4 nitrogen and oxygen atoms in total. The van der Waals surface area contributed by atoms with E-state index in [1.165, 1.54) is 0 Å². The molecule has 0 fully saturated rings. The van der Waals surface area contributed by atoms with Gasteiger partial charge in [-0.15, -0.1) is 0 Å². The maximum absolute atomic E-state index is 4.44. The van der Waals surface area contributed by atoms with Crippen LogP contribution in [0.4, 0.5) is 0 Å². The van der Waals surface area contributed by atoms with Crippen molar-refractivity contribution >= 4 is 23.3 Å². The van der Waals surface area contributed by atoms with E-state index in [4.69, 9.17) is 0 Å². The standard InChI is InChI=1S/C16H10N4/c1-3-7-11(8-4-1)13-17-15-16(18-13)20-14(19-15)12-9-5-2-6-10-12/h1-10H. The SMILES string of the molecule is c1ccc(C2=NC3=NC(c4ccccc4)=NC3=N2)cc1. The first-order chi connectivity index (χ1) is 9.90. The van der Waals surface area contributed by atoms with Crippen molar-refractivity contribution in [3.63, 3.8) is 0 Å². The van der Waals surface area contributed by atoms with Gasteiger partial charge in [-0.1, -0.05) is 60.7 Å². The summed E-state index contributed by atoms with van der Waals surface area (Å²) in [5.74, 6) is 2.55. The fourth-order valence-corrected chi connectivity index (χ4v) is 2.13. The monoisotopic (exact) mass is 258 g/mol. The molecule has 0 bridgehead atoms. The molecule has 0 amide bonds. The average molecular weight is 258 g/mol. The van der Waals surface area contributed by atoms with Gasteiger partial charge in [0, 0.05) is 11.1 Å². The van der Waals surface area contributed by atoms with Crippen LogP contribution in [0.1, 0.15) is 11.1 Å². The lowest BCUT2D eigenvalue weighted by atomic mass is 10.2. The van der Waals surface area contributed by atoms with Crippen molar-refractivity contribution in [1.29, 1.82) is 0 Å². The van der Waals surface area contributed by atoms with E-state index in [1.54, 1.807) is 0 Å². The average Bonchev–Trinajstić information content (AvgIpc) is 3.08. The number of benzene rings is 2. The Morgan fingerprint density at radius 1 is 0.400 bits per heavy atom. The zero-order chi connectivity index (χ0) is 13.4. The van der Waals surface area contributed by atoms with Crippen molar-refractivity contribution in [3.8, 4) is 0 Å². The van der Waals surface area contributed by atoms with E-state index in [0.29, 0.717) is 23.3 Å². The highest BCUT2D eigenvalue weighted by molar-refractivity contribution is 6.53. The molecule has 20 heavy (non-hydrogen) atoms. The maximum Gasteiger partial charge on any atom is 0.202 e. The molecule has 0 N–H and O–H groups in total. The van der Waals surface area contributed by atoms with E-state index >= 15 is 0 Å². The quantitative estimate of drug-likeness (QED) is 0.795. The van der Waals surface area contributed by atoms with Gasteiger partial charge in [0.25, 0.3) is 0 Å². The minimum absolute atomic E-state index is 0.600. The van der Waals surface area contributed by atoms with Gasteiger partial charge < -0.3 is 0 Å². The van der Waals surface area contributed by atoms with Crippen LogP contribution in [-0.4, -0.2) is 23.3 Å². The summed E-state index contributed by atoms with van der Waals surface area (Å²) in [6, 6.07) is 19.7. The molecule has 0 unspecified atom stereocenters. The largest absolute Gasteiger partial charge is 0.205 e. The van der Waals surface area contributed by atoms with Crippen LogP contribution in [0.5, 0.6) is 0 Å². The minimum Gasteiger partial charge on any atom is -0.205 e. The minimum atomic E-state index is 0.600. The summed E-state index contributed by atoms with van der Waals surface area (Å²) in [4.78, 5) is 17.8. The van der Waals surface area contributed by atoms with Crippen molar-refractivity contribution in [2.45, 2.75) is 0 Å². The van der Waals surface area contributed by atoms with E-state index < -0.39 is 0 Å². The third-order valence-corrected chi connectivity index (χ3v) is 3.11. The molecule has 0 radical (unpaired) electrons. The van der Waals surface area contributed by atoms with Crippen molar-refractivity contribution in [1.82, 2.24) is 0 Å². The van der Waals surface area contributed by atoms with Crippen molar-refractivity contribution in [3.05, 3.63) is 71.8 Å². The molecule has 94 valence electrons. The van der Waals surface area contributed by atoms with Crippen LogP contribution in [0.15, 0.2) is 80.6 Å². The molecule has 2 aliphatic rings. The second-order valence-corrected chi connectivity index (χ2v) is 4.47. The molecule has 0 atom stereocenters. The Morgan fingerprint density at radius 2 is 0.750 bits per heavy atom. The molecule has 0 aromatic heterocycles. The highest BCUT2D eigenvalue weighted by Gasteiger charge is 2.25. The van der Waals surface area contributed by atoms with Gasteiger partial charge in [-0.25, -0.2) is 20.0 Å². The lowest BCUT2D eigenvalue weighted by Gasteiger charge is -1.96. The summed E-state index contributed by atoms with van der Waals surface area (Å²) < 4.78 is 0. The molecule has 0 saturated carbocycles. The van der Waals surface area contributed by atoms with Gasteiger partial charge in [-0.3, -0.25) is 0 Å². The zero-order valence-corrected chi connectivity index (χ0v) is 10.6. The lowest BCUT2D eigenvalue weighted by Crippen LogP contribution is -1.97. The topological polar surface area (TPSA) is 49.4 Å². The summed E-state index contributed by atoms with van der Waals surface area (Å²) in [6.07, 6.45) is 0. The normalized spacial score (nSPS) is 16.2. The molecule has 4 rings (SSSR count). The maximum atomic E-state index is 4.44. The predicted molar refractivity (Wildman–Crippen MR) is 80.8 cm³/mol. The van der Waals surface area contributed by atoms with E-state index in [2.05, 4.69) is 20.0 Å². The summed E-state index contributed by atoms with van der Waals surface area (Å²) in [6.45, 7) is 0. The van der Waals surface area contributed by atoms with E-state index in [1.807, 2.05) is 60.7 Å². The molecule has 2 aliphatic heterocycles. The van der Waals surface area contributed by atoms with Crippen LogP contribution in [0.25, 0.3) is 0 Å². The first-order valence-electron chi connectivity index (χ1n) is 6.36. The number of amidine groups is 4. The molecule has 0 spiro atoms. The molecular formula is C16H10N4. The lowest BCUT2D eigenvalue weighted by molar-refractivity contribution is 1.51. The van der Waals surface area contributed by atoms with Crippen molar-refractivity contribution in [2.24, 2.45) is 20.0 Å². The molecule has 2 heterocycles. The Labute approximate surface area is 116 Å². The first kappa shape index (κ1) is 11.0. The molecule has 2 aromatic carbocycles. The molecule has 0 aliphatic carbocycles. The number of rotatable bonds is 2. The van der Waals surface area contributed by atoms with Crippen LogP contribution in [0.3, 0.4) is 0 Å². The van der Waals surface area contributed by atoms with Gasteiger partial charge in [0.05, 0.1) is 0 Å². The van der Waals surface area contributed by atoms with E-state index in [-0.39, 0.29) is 0 Å². The second-order valence-electron chi connectivity index (χ2n) is 4.47. The molecule has 0 saturated heterocycles. The van der Waals surface area contributed by atoms with Crippen LogP contribution in [-0.2, 0) is 0 Å². The van der Waals surface area contributed by atoms with E-state index in [0.717, 1.165) is 11.1 Å². The number of fused-ring (bicyclic) bond motifs is 1. The summed E-state index contributed by atoms with van der Waals surface area (Å²) in [7, 11) is 0. The van der Waals surface area contributed by atoms with Crippen LogP contribution in [0.2, 0.25) is 0 Å². The Hall–Kier alpha value is -2.88. The fourth-order valence-electron chi connectivity index (χ4n) is 2.13. The number of nitrogens with zero attached hydrogens (tertiary/aromatic N) is 4. The summed E-state index contributed by atoms with van der Waals surface area (Å²) in [5.41, 5.74) is 1.96. The fraction of sp³-hybridized carbons (Fsp3) is 0.